The van der Waals surface area contributed by atoms with E-state index in [0.29, 0.717) is 6.42 Å². The van der Waals surface area contributed by atoms with Gasteiger partial charge in [-0.3, -0.25) is 0 Å². The molecular weight excluding hydrogens is 251 g/mol. The van der Waals surface area contributed by atoms with Crippen LogP contribution in [0.15, 0.2) is 18.2 Å². The van der Waals surface area contributed by atoms with Crippen LogP contribution in [-0.4, -0.2) is 29.3 Å². The summed E-state index contributed by atoms with van der Waals surface area (Å²) in [5, 5.41) is 9.68. The van der Waals surface area contributed by atoms with Crippen LogP contribution in [-0.2, 0) is 0 Å². The second kappa shape index (κ2) is 5.20. The van der Waals surface area contributed by atoms with Crippen molar-refractivity contribution >= 4 is 22.9 Å². The van der Waals surface area contributed by atoms with Gasteiger partial charge in [0.1, 0.15) is 10.8 Å². The average Bonchev–Trinajstić information content (AvgIpc) is 2.32. The van der Waals surface area contributed by atoms with Gasteiger partial charge >= 0.3 is 0 Å². The number of rotatable bonds is 2. The number of halogens is 1. The van der Waals surface area contributed by atoms with Crippen molar-refractivity contribution in [3.05, 3.63) is 29.6 Å². The summed E-state index contributed by atoms with van der Waals surface area (Å²) in [5.74, 6) is -0.198. The first-order valence-corrected chi connectivity index (χ1v) is 6.42. The van der Waals surface area contributed by atoms with Gasteiger partial charge in [0.15, 0.2) is 0 Å². The lowest BCUT2D eigenvalue weighted by Crippen LogP contribution is -2.42. The SMILES string of the molecule is CC1CN(c2ccc(C(N)=S)c(F)c2)CCC1O. The smallest absolute Gasteiger partial charge is 0.135 e. The molecule has 2 atom stereocenters. The highest BCUT2D eigenvalue weighted by Crippen LogP contribution is 2.25. The molecule has 3 nitrogen and oxygen atoms in total. The maximum Gasteiger partial charge on any atom is 0.135 e. The van der Waals surface area contributed by atoms with Crippen LogP contribution < -0.4 is 10.6 Å². The molecule has 0 radical (unpaired) electrons. The summed E-state index contributed by atoms with van der Waals surface area (Å²) in [4.78, 5) is 2.14. The molecule has 18 heavy (non-hydrogen) atoms. The van der Waals surface area contributed by atoms with E-state index in [1.165, 1.54) is 6.07 Å². The van der Waals surface area contributed by atoms with Gasteiger partial charge in [0.25, 0.3) is 0 Å². The number of hydrogen-bond acceptors (Lipinski definition) is 3. The molecule has 2 unspecified atom stereocenters. The quantitative estimate of drug-likeness (QED) is 0.801. The van der Waals surface area contributed by atoms with Crippen molar-refractivity contribution in [3.63, 3.8) is 0 Å². The van der Waals surface area contributed by atoms with Crippen molar-refractivity contribution in [1.82, 2.24) is 0 Å². The molecule has 5 heteroatoms. The molecule has 0 saturated carbocycles. The number of hydrogen-bond donors (Lipinski definition) is 2. The van der Waals surface area contributed by atoms with E-state index in [9.17, 15) is 9.50 Å². The van der Waals surface area contributed by atoms with Crippen LogP contribution in [0.3, 0.4) is 0 Å². The average molecular weight is 268 g/mol. The van der Waals surface area contributed by atoms with Crippen LogP contribution in [0.2, 0.25) is 0 Å². The topological polar surface area (TPSA) is 49.5 Å². The predicted molar refractivity (Wildman–Crippen MR) is 74.3 cm³/mol. The molecule has 2 rings (SSSR count). The summed E-state index contributed by atoms with van der Waals surface area (Å²) in [6, 6.07) is 4.89. The molecule has 1 aromatic rings. The Hall–Kier alpha value is -1.20. The summed E-state index contributed by atoms with van der Waals surface area (Å²) in [6.45, 7) is 3.46. The first kappa shape index (κ1) is 13.2. The molecule has 1 saturated heterocycles. The molecule has 1 aromatic carbocycles. The number of nitrogens with zero attached hydrogens (tertiary/aromatic N) is 1. The molecule has 0 aliphatic carbocycles. The summed E-state index contributed by atoms with van der Waals surface area (Å²) in [5.41, 5.74) is 6.52. The maximum atomic E-state index is 13.8. The number of nitrogens with two attached hydrogens (primary N) is 1. The van der Waals surface area contributed by atoms with Crippen LogP contribution in [0.4, 0.5) is 10.1 Å². The third-order valence-electron chi connectivity index (χ3n) is 3.44. The van der Waals surface area contributed by atoms with Crippen LogP contribution in [0.25, 0.3) is 0 Å². The van der Waals surface area contributed by atoms with E-state index in [2.05, 4.69) is 4.90 Å². The largest absolute Gasteiger partial charge is 0.393 e. The van der Waals surface area contributed by atoms with Gasteiger partial charge in [0.05, 0.1) is 6.10 Å². The fourth-order valence-electron chi connectivity index (χ4n) is 2.27. The minimum absolute atomic E-state index is 0.0708. The number of piperidine rings is 1. The second-order valence-corrected chi connectivity index (χ2v) is 5.25. The Labute approximate surface area is 111 Å². The van der Waals surface area contributed by atoms with Gasteiger partial charge in [0, 0.05) is 24.3 Å². The van der Waals surface area contributed by atoms with Crippen molar-refractivity contribution < 1.29 is 9.50 Å². The lowest BCUT2D eigenvalue weighted by molar-refractivity contribution is 0.0971. The summed E-state index contributed by atoms with van der Waals surface area (Å²) >= 11 is 4.77. The van der Waals surface area contributed by atoms with Gasteiger partial charge in [-0.2, -0.15) is 0 Å². The zero-order valence-corrected chi connectivity index (χ0v) is 11.1. The number of aliphatic hydroxyl groups is 1. The van der Waals surface area contributed by atoms with E-state index in [0.717, 1.165) is 18.8 Å². The Balaban J connectivity index is 2.19. The summed E-state index contributed by atoms with van der Waals surface area (Å²) in [6.07, 6.45) is 0.446. The molecule has 0 amide bonds. The zero-order chi connectivity index (χ0) is 13.3. The van der Waals surface area contributed by atoms with Crippen molar-refractivity contribution in [1.29, 1.82) is 0 Å². The third kappa shape index (κ3) is 2.62. The lowest BCUT2D eigenvalue weighted by atomic mass is 9.96. The van der Waals surface area contributed by atoms with Gasteiger partial charge in [-0.25, -0.2) is 4.39 Å². The van der Waals surface area contributed by atoms with Crippen LogP contribution in [0.1, 0.15) is 18.9 Å². The van der Waals surface area contributed by atoms with Crippen molar-refractivity contribution in [3.8, 4) is 0 Å². The maximum absolute atomic E-state index is 13.8. The summed E-state index contributed by atoms with van der Waals surface area (Å²) in [7, 11) is 0. The minimum atomic E-state index is -0.390. The number of anilines is 1. The summed E-state index contributed by atoms with van der Waals surface area (Å²) < 4.78 is 13.8. The fourth-order valence-corrected chi connectivity index (χ4v) is 2.43. The molecule has 0 spiro atoms. The molecular formula is C13H17FN2OS. The number of aliphatic hydroxyl groups excluding tert-OH is 1. The predicted octanol–water partition coefficient (Wildman–Crippen LogP) is 1.67. The van der Waals surface area contributed by atoms with Crippen molar-refractivity contribution in [2.45, 2.75) is 19.4 Å². The van der Waals surface area contributed by atoms with Gasteiger partial charge in [0.2, 0.25) is 0 Å². The highest BCUT2D eigenvalue weighted by atomic mass is 32.1. The number of benzene rings is 1. The molecule has 0 aromatic heterocycles. The Kier molecular flexibility index (Phi) is 3.82. The highest BCUT2D eigenvalue weighted by Gasteiger charge is 2.24. The monoisotopic (exact) mass is 268 g/mol. The normalized spacial score (nSPS) is 24.1. The molecule has 1 fully saturated rings. The first-order valence-electron chi connectivity index (χ1n) is 6.01. The van der Waals surface area contributed by atoms with Crippen molar-refractivity contribution in [2.24, 2.45) is 11.7 Å². The third-order valence-corrected chi connectivity index (χ3v) is 3.66. The van der Waals surface area contributed by atoms with E-state index in [4.69, 9.17) is 18.0 Å². The van der Waals surface area contributed by atoms with Gasteiger partial charge in [-0.1, -0.05) is 19.1 Å². The molecule has 3 N–H and O–H groups in total. The Morgan fingerprint density at radius 1 is 1.56 bits per heavy atom. The van der Waals surface area contributed by atoms with Crippen molar-refractivity contribution in [2.75, 3.05) is 18.0 Å². The van der Waals surface area contributed by atoms with Gasteiger partial charge in [-0.15, -0.1) is 0 Å². The van der Waals surface area contributed by atoms with Crippen LogP contribution in [0.5, 0.6) is 0 Å². The molecule has 1 aliphatic rings. The first-order chi connectivity index (χ1) is 8.49. The highest BCUT2D eigenvalue weighted by molar-refractivity contribution is 7.80. The van der Waals surface area contributed by atoms with E-state index in [-0.39, 0.29) is 22.6 Å². The molecule has 1 heterocycles. The zero-order valence-electron chi connectivity index (χ0n) is 10.3. The minimum Gasteiger partial charge on any atom is -0.393 e. The van der Waals surface area contributed by atoms with E-state index < -0.39 is 5.82 Å². The Morgan fingerprint density at radius 2 is 2.28 bits per heavy atom. The van der Waals surface area contributed by atoms with Crippen LogP contribution in [0, 0.1) is 11.7 Å². The lowest BCUT2D eigenvalue weighted by Gasteiger charge is -2.36. The Morgan fingerprint density at radius 3 is 2.83 bits per heavy atom. The van der Waals surface area contributed by atoms with E-state index >= 15 is 0 Å². The van der Waals surface area contributed by atoms with Gasteiger partial charge in [-0.05, 0) is 30.5 Å². The molecule has 1 aliphatic heterocycles. The fraction of sp³-hybridized carbons (Fsp3) is 0.462. The van der Waals surface area contributed by atoms with Crippen LogP contribution >= 0.6 is 12.2 Å². The Bertz CT molecular complexity index is 466. The van der Waals surface area contributed by atoms with E-state index in [1.54, 1.807) is 6.07 Å². The molecule has 0 bridgehead atoms. The van der Waals surface area contributed by atoms with E-state index in [1.807, 2.05) is 13.0 Å². The number of thiocarbonyl (C=S) groups is 1. The molecule has 98 valence electrons. The van der Waals surface area contributed by atoms with Gasteiger partial charge < -0.3 is 15.7 Å². The second-order valence-electron chi connectivity index (χ2n) is 4.81. The standard InChI is InChI=1S/C13H17FN2OS/c1-8-7-16(5-4-12(8)17)9-2-3-10(13(15)18)11(14)6-9/h2-3,6,8,12,17H,4-5,7H2,1H3,(H2,15,18).